The average Bonchev–Trinajstić information content (AvgIpc) is 3.35. The van der Waals surface area contributed by atoms with Crippen LogP contribution in [0.4, 0.5) is 0 Å². The smallest absolute Gasteiger partial charge is 0.356 e. The van der Waals surface area contributed by atoms with Crippen LogP contribution in [0.3, 0.4) is 0 Å². The predicted octanol–water partition coefficient (Wildman–Crippen LogP) is 5.19. The zero-order valence-electron chi connectivity index (χ0n) is 16.3. The highest BCUT2D eigenvalue weighted by atomic mass is 32.1. The van der Waals surface area contributed by atoms with Gasteiger partial charge in [0.25, 0.3) is 0 Å². The minimum atomic E-state index is -1.08. The van der Waals surface area contributed by atoms with Crippen LogP contribution in [0, 0.1) is 6.92 Å². The number of benzene rings is 2. The second kappa shape index (κ2) is 7.60. The predicted molar refractivity (Wildman–Crippen MR) is 114 cm³/mol. The number of aromatic nitrogens is 4. The molecule has 2 aromatic heterocycles. The molecule has 2 heterocycles. The molecule has 4 aromatic rings. The Morgan fingerprint density at radius 3 is 2.62 bits per heavy atom. The summed E-state index contributed by atoms with van der Waals surface area (Å²) in [6.45, 7) is 6.22. The molecule has 7 heteroatoms. The number of carboxylic acid groups (broad SMARTS) is 1. The number of rotatable bonds is 5. The van der Waals surface area contributed by atoms with Crippen molar-refractivity contribution < 1.29 is 9.90 Å². The molecule has 0 aliphatic rings. The van der Waals surface area contributed by atoms with Crippen molar-refractivity contribution in [3.8, 4) is 27.8 Å². The van der Waals surface area contributed by atoms with Crippen molar-refractivity contribution in [2.45, 2.75) is 26.7 Å². The number of aryl methyl sites for hydroxylation is 1. The molecule has 0 saturated heterocycles. The Morgan fingerprint density at radius 2 is 1.90 bits per heavy atom. The molecule has 0 saturated carbocycles. The molecule has 0 radical (unpaired) electrons. The normalized spacial score (nSPS) is 11.2. The summed E-state index contributed by atoms with van der Waals surface area (Å²) in [6.07, 6.45) is 0. The standard InChI is InChI=1S/C22H20N4O2S/c1-13(2)16-9-4-5-10-18(16)26-19(12-17(24-26)22(27)28)20-23-21(29-25-20)15-8-6-7-14(3)11-15/h4-13H,1-3H3,(H,27,28). The first-order valence-electron chi connectivity index (χ1n) is 9.28. The summed E-state index contributed by atoms with van der Waals surface area (Å²) in [6, 6.07) is 17.4. The van der Waals surface area contributed by atoms with Gasteiger partial charge in [0.15, 0.2) is 11.5 Å². The lowest BCUT2D eigenvalue weighted by Crippen LogP contribution is -2.06. The second-order valence-corrected chi connectivity index (χ2v) is 7.89. The molecule has 6 nitrogen and oxygen atoms in total. The number of aromatic carboxylic acids is 1. The van der Waals surface area contributed by atoms with E-state index in [0.29, 0.717) is 11.5 Å². The van der Waals surface area contributed by atoms with Gasteiger partial charge in [-0.05, 0) is 42.1 Å². The Balaban J connectivity index is 1.86. The van der Waals surface area contributed by atoms with Crippen LogP contribution in [0.15, 0.2) is 54.6 Å². The van der Waals surface area contributed by atoms with E-state index < -0.39 is 5.97 Å². The van der Waals surface area contributed by atoms with Crippen LogP contribution in [-0.4, -0.2) is 30.2 Å². The molecule has 146 valence electrons. The molecule has 0 fully saturated rings. The highest BCUT2D eigenvalue weighted by Crippen LogP contribution is 2.30. The zero-order valence-corrected chi connectivity index (χ0v) is 17.1. The van der Waals surface area contributed by atoms with E-state index in [1.54, 1.807) is 4.68 Å². The van der Waals surface area contributed by atoms with Gasteiger partial charge in [-0.1, -0.05) is 55.8 Å². The van der Waals surface area contributed by atoms with Crippen molar-refractivity contribution in [1.29, 1.82) is 0 Å². The third kappa shape index (κ3) is 3.69. The van der Waals surface area contributed by atoms with Crippen LogP contribution in [0.5, 0.6) is 0 Å². The molecule has 0 spiro atoms. The van der Waals surface area contributed by atoms with Gasteiger partial charge in [-0.2, -0.15) is 9.47 Å². The molecule has 0 aliphatic carbocycles. The van der Waals surface area contributed by atoms with Crippen LogP contribution in [0.1, 0.15) is 41.4 Å². The van der Waals surface area contributed by atoms with Crippen molar-refractivity contribution in [2.24, 2.45) is 0 Å². The Labute approximate surface area is 172 Å². The summed E-state index contributed by atoms with van der Waals surface area (Å²) >= 11 is 1.29. The summed E-state index contributed by atoms with van der Waals surface area (Å²) in [7, 11) is 0. The minimum absolute atomic E-state index is 0.0366. The lowest BCUT2D eigenvalue weighted by molar-refractivity contribution is 0.0690. The van der Waals surface area contributed by atoms with E-state index >= 15 is 0 Å². The SMILES string of the molecule is Cc1cccc(-c2nc(-c3cc(C(=O)O)nn3-c3ccccc3C(C)C)ns2)c1. The minimum Gasteiger partial charge on any atom is -0.476 e. The maximum absolute atomic E-state index is 11.6. The fraction of sp³-hybridized carbons (Fsp3) is 0.182. The summed E-state index contributed by atoms with van der Waals surface area (Å²) in [5, 5.41) is 14.6. The summed E-state index contributed by atoms with van der Waals surface area (Å²) in [5.74, 6) is -0.367. The largest absolute Gasteiger partial charge is 0.476 e. The van der Waals surface area contributed by atoms with E-state index in [4.69, 9.17) is 0 Å². The van der Waals surface area contributed by atoms with Gasteiger partial charge >= 0.3 is 5.97 Å². The van der Waals surface area contributed by atoms with E-state index in [1.165, 1.54) is 17.6 Å². The maximum atomic E-state index is 11.6. The fourth-order valence-corrected chi connectivity index (χ4v) is 3.89. The fourth-order valence-electron chi connectivity index (χ4n) is 3.22. The third-order valence-electron chi connectivity index (χ3n) is 4.64. The van der Waals surface area contributed by atoms with Crippen LogP contribution in [0.2, 0.25) is 0 Å². The second-order valence-electron chi connectivity index (χ2n) is 7.14. The number of para-hydroxylation sites is 1. The van der Waals surface area contributed by atoms with Gasteiger partial charge in [-0.3, -0.25) is 0 Å². The Hall–Kier alpha value is -3.32. The highest BCUT2D eigenvalue weighted by Gasteiger charge is 2.21. The van der Waals surface area contributed by atoms with E-state index in [0.717, 1.165) is 27.4 Å². The van der Waals surface area contributed by atoms with Crippen LogP contribution in [-0.2, 0) is 0 Å². The first-order valence-corrected chi connectivity index (χ1v) is 10.0. The Kier molecular flexibility index (Phi) is 4.98. The van der Waals surface area contributed by atoms with Crippen molar-refractivity contribution in [1.82, 2.24) is 19.1 Å². The van der Waals surface area contributed by atoms with Crippen LogP contribution < -0.4 is 0 Å². The van der Waals surface area contributed by atoms with Crippen LogP contribution >= 0.6 is 11.5 Å². The number of nitrogens with zero attached hydrogens (tertiary/aromatic N) is 4. The number of carboxylic acids is 1. The van der Waals surface area contributed by atoms with Crippen molar-refractivity contribution >= 4 is 17.5 Å². The molecule has 2 aromatic carbocycles. The zero-order chi connectivity index (χ0) is 20.5. The molecule has 29 heavy (non-hydrogen) atoms. The number of hydrogen-bond acceptors (Lipinski definition) is 5. The van der Waals surface area contributed by atoms with E-state index in [1.807, 2.05) is 49.4 Å². The summed E-state index contributed by atoms with van der Waals surface area (Å²) in [5.41, 5.74) is 4.56. The first kappa shape index (κ1) is 19.0. The molecule has 0 aliphatic heterocycles. The molecular weight excluding hydrogens is 384 g/mol. The van der Waals surface area contributed by atoms with Crippen molar-refractivity contribution in [3.63, 3.8) is 0 Å². The number of carbonyl (C=O) groups is 1. The maximum Gasteiger partial charge on any atom is 0.356 e. The van der Waals surface area contributed by atoms with Gasteiger partial charge in [0, 0.05) is 11.6 Å². The average molecular weight is 404 g/mol. The van der Waals surface area contributed by atoms with E-state index in [9.17, 15) is 9.90 Å². The summed E-state index contributed by atoms with van der Waals surface area (Å²) in [4.78, 5) is 16.3. The molecule has 0 bridgehead atoms. The Bertz CT molecular complexity index is 1190. The third-order valence-corrected chi connectivity index (χ3v) is 5.40. The van der Waals surface area contributed by atoms with Crippen LogP contribution in [0.25, 0.3) is 27.8 Å². The monoisotopic (exact) mass is 404 g/mol. The molecule has 0 unspecified atom stereocenters. The quantitative estimate of drug-likeness (QED) is 0.495. The van der Waals surface area contributed by atoms with Gasteiger partial charge in [0.05, 0.1) is 5.69 Å². The van der Waals surface area contributed by atoms with Crippen molar-refractivity contribution in [3.05, 3.63) is 71.4 Å². The lowest BCUT2D eigenvalue weighted by Gasteiger charge is -2.14. The Morgan fingerprint density at radius 1 is 1.10 bits per heavy atom. The first-order chi connectivity index (χ1) is 13.9. The summed E-state index contributed by atoms with van der Waals surface area (Å²) < 4.78 is 6.14. The number of hydrogen-bond donors (Lipinski definition) is 1. The van der Waals surface area contributed by atoms with E-state index in [2.05, 4.69) is 34.4 Å². The van der Waals surface area contributed by atoms with Gasteiger partial charge in [-0.15, -0.1) is 0 Å². The molecular formula is C22H20N4O2S. The van der Waals surface area contributed by atoms with Gasteiger partial charge < -0.3 is 5.11 Å². The lowest BCUT2D eigenvalue weighted by atomic mass is 10.0. The highest BCUT2D eigenvalue weighted by molar-refractivity contribution is 7.09. The molecule has 1 N–H and O–H groups in total. The van der Waals surface area contributed by atoms with Gasteiger partial charge in [-0.25, -0.2) is 14.5 Å². The van der Waals surface area contributed by atoms with E-state index in [-0.39, 0.29) is 11.6 Å². The van der Waals surface area contributed by atoms with Crippen molar-refractivity contribution in [2.75, 3.05) is 0 Å². The molecule has 0 atom stereocenters. The van der Waals surface area contributed by atoms with Gasteiger partial charge in [0.2, 0.25) is 0 Å². The topological polar surface area (TPSA) is 80.9 Å². The molecule has 0 amide bonds. The molecule has 4 rings (SSSR count). The van der Waals surface area contributed by atoms with Gasteiger partial charge in [0.1, 0.15) is 10.7 Å².